The number of carbonyl (C=O) groups is 1. The van der Waals surface area contributed by atoms with Gasteiger partial charge in [-0.1, -0.05) is 25.1 Å². The van der Waals surface area contributed by atoms with Crippen LogP contribution in [0.5, 0.6) is 0 Å². The Morgan fingerprint density at radius 2 is 2.17 bits per heavy atom. The summed E-state index contributed by atoms with van der Waals surface area (Å²) in [5.41, 5.74) is -0.250. The molecule has 1 aliphatic rings. The summed E-state index contributed by atoms with van der Waals surface area (Å²) in [5.74, 6) is -0.154. The molecular formula is C17H23F3N2O. The summed E-state index contributed by atoms with van der Waals surface area (Å²) in [5, 5.41) is 3.11. The van der Waals surface area contributed by atoms with Gasteiger partial charge in [0.1, 0.15) is 0 Å². The minimum Gasteiger partial charge on any atom is -0.342 e. The molecule has 0 saturated carbocycles. The molecule has 0 aliphatic carbocycles. The first-order valence-corrected chi connectivity index (χ1v) is 7.97. The van der Waals surface area contributed by atoms with Crippen LogP contribution in [0.1, 0.15) is 36.8 Å². The molecular weight excluding hydrogens is 305 g/mol. The third kappa shape index (κ3) is 4.25. The van der Waals surface area contributed by atoms with Crippen molar-refractivity contribution in [3.63, 3.8) is 0 Å². The predicted molar refractivity (Wildman–Crippen MR) is 83.1 cm³/mol. The van der Waals surface area contributed by atoms with E-state index in [4.69, 9.17) is 0 Å². The van der Waals surface area contributed by atoms with E-state index in [-0.39, 0.29) is 5.91 Å². The van der Waals surface area contributed by atoms with Gasteiger partial charge in [-0.15, -0.1) is 0 Å². The first-order valence-electron chi connectivity index (χ1n) is 7.97. The quantitative estimate of drug-likeness (QED) is 0.900. The van der Waals surface area contributed by atoms with E-state index in [0.29, 0.717) is 31.0 Å². The smallest absolute Gasteiger partial charge is 0.342 e. The molecule has 2 rings (SSSR count). The molecule has 1 N–H and O–H groups in total. The molecule has 128 valence electrons. The Hall–Kier alpha value is -1.56. The predicted octanol–water partition coefficient (Wildman–Crippen LogP) is 3.27. The molecule has 1 amide bonds. The zero-order valence-electron chi connectivity index (χ0n) is 13.5. The van der Waals surface area contributed by atoms with Crippen molar-refractivity contribution in [2.45, 2.75) is 31.9 Å². The van der Waals surface area contributed by atoms with Crippen LogP contribution in [-0.2, 0) is 11.0 Å². The van der Waals surface area contributed by atoms with Gasteiger partial charge in [0.05, 0.1) is 11.5 Å². The van der Waals surface area contributed by atoms with Crippen LogP contribution in [0, 0.1) is 5.92 Å². The van der Waals surface area contributed by atoms with E-state index in [1.54, 1.807) is 11.0 Å². The number of hydrogen-bond donors (Lipinski definition) is 1. The number of likely N-dealkylation sites (tertiary alicyclic amines) is 1. The third-order valence-corrected chi connectivity index (χ3v) is 4.41. The molecule has 0 bridgehead atoms. The van der Waals surface area contributed by atoms with Crippen LogP contribution in [0.2, 0.25) is 0 Å². The minimum atomic E-state index is -4.39. The molecule has 0 spiro atoms. The monoisotopic (exact) mass is 328 g/mol. The number of amides is 1. The zero-order chi connectivity index (χ0) is 17.0. The van der Waals surface area contributed by atoms with Crippen molar-refractivity contribution >= 4 is 5.91 Å². The molecule has 0 radical (unpaired) electrons. The Bertz CT molecular complexity index is 545. The highest BCUT2D eigenvalue weighted by Crippen LogP contribution is 2.33. The molecule has 1 aromatic carbocycles. The van der Waals surface area contributed by atoms with E-state index >= 15 is 0 Å². The van der Waals surface area contributed by atoms with Crippen molar-refractivity contribution in [3.8, 4) is 0 Å². The normalized spacial score (nSPS) is 19.9. The third-order valence-electron chi connectivity index (χ3n) is 4.41. The van der Waals surface area contributed by atoms with Crippen molar-refractivity contribution in [2.24, 2.45) is 5.92 Å². The number of rotatable bonds is 5. The molecule has 1 saturated heterocycles. The Kier molecular flexibility index (Phi) is 5.68. The van der Waals surface area contributed by atoms with Gasteiger partial charge in [0, 0.05) is 13.1 Å². The fraction of sp³-hybridized carbons (Fsp3) is 0.588. The maximum absolute atomic E-state index is 12.9. The lowest BCUT2D eigenvalue weighted by Gasteiger charge is -2.23. The van der Waals surface area contributed by atoms with Gasteiger partial charge in [0.2, 0.25) is 5.91 Å². The van der Waals surface area contributed by atoms with E-state index in [1.807, 2.05) is 14.0 Å². The molecule has 2 atom stereocenters. The van der Waals surface area contributed by atoms with Gasteiger partial charge in [-0.05, 0) is 44.0 Å². The van der Waals surface area contributed by atoms with Crippen LogP contribution in [0.25, 0.3) is 0 Å². The first-order chi connectivity index (χ1) is 10.9. The Morgan fingerprint density at radius 1 is 1.43 bits per heavy atom. The summed E-state index contributed by atoms with van der Waals surface area (Å²) in [6.07, 6.45) is -2.96. The van der Waals surface area contributed by atoms with Gasteiger partial charge >= 0.3 is 6.18 Å². The van der Waals surface area contributed by atoms with Gasteiger partial charge in [-0.25, -0.2) is 0 Å². The number of nitrogens with zero attached hydrogens (tertiary/aromatic N) is 1. The first kappa shape index (κ1) is 17.8. The summed E-state index contributed by atoms with van der Waals surface area (Å²) in [6.45, 7) is 4.05. The Labute approximate surface area is 134 Å². The summed E-state index contributed by atoms with van der Waals surface area (Å²) in [7, 11) is 1.88. The van der Waals surface area contributed by atoms with Gasteiger partial charge in [-0.2, -0.15) is 13.2 Å². The van der Waals surface area contributed by atoms with Gasteiger partial charge in [0.25, 0.3) is 0 Å². The summed E-state index contributed by atoms with van der Waals surface area (Å²) < 4.78 is 38.6. The molecule has 1 aromatic rings. The zero-order valence-corrected chi connectivity index (χ0v) is 13.5. The Balaban J connectivity index is 2.15. The van der Waals surface area contributed by atoms with Gasteiger partial charge in [0.15, 0.2) is 0 Å². The van der Waals surface area contributed by atoms with Gasteiger partial charge < -0.3 is 10.2 Å². The van der Waals surface area contributed by atoms with Crippen molar-refractivity contribution in [1.82, 2.24) is 10.2 Å². The van der Waals surface area contributed by atoms with Crippen LogP contribution >= 0.6 is 0 Å². The maximum Gasteiger partial charge on any atom is 0.416 e. The Morgan fingerprint density at radius 3 is 2.78 bits per heavy atom. The lowest BCUT2D eigenvalue weighted by molar-refractivity contribution is -0.138. The SMILES string of the molecule is CCC(C(=O)N1CCC(CNC)C1)c1cccc(C(F)(F)F)c1. The summed E-state index contributed by atoms with van der Waals surface area (Å²) in [6, 6.07) is 5.14. The molecule has 1 aliphatic heterocycles. The molecule has 1 fully saturated rings. The average molecular weight is 328 g/mol. The van der Waals surface area contributed by atoms with E-state index in [1.165, 1.54) is 6.07 Å². The molecule has 2 unspecified atom stereocenters. The second-order valence-corrected chi connectivity index (χ2v) is 6.08. The van der Waals surface area contributed by atoms with Crippen molar-refractivity contribution < 1.29 is 18.0 Å². The number of halogens is 3. The van der Waals surface area contributed by atoms with E-state index in [0.717, 1.165) is 25.1 Å². The second kappa shape index (κ2) is 7.34. The van der Waals surface area contributed by atoms with Gasteiger partial charge in [-0.3, -0.25) is 4.79 Å². The summed E-state index contributed by atoms with van der Waals surface area (Å²) >= 11 is 0. The highest BCUT2D eigenvalue weighted by molar-refractivity contribution is 5.84. The van der Waals surface area contributed by atoms with Crippen LogP contribution in [-0.4, -0.2) is 37.5 Å². The molecule has 1 heterocycles. The van der Waals surface area contributed by atoms with Crippen LogP contribution in [0.15, 0.2) is 24.3 Å². The van der Waals surface area contributed by atoms with E-state index < -0.39 is 17.7 Å². The summed E-state index contributed by atoms with van der Waals surface area (Å²) in [4.78, 5) is 14.5. The second-order valence-electron chi connectivity index (χ2n) is 6.08. The highest BCUT2D eigenvalue weighted by Gasteiger charge is 2.33. The lowest BCUT2D eigenvalue weighted by Crippen LogP contribution is -2.34. The topological polar surface area (TPSA) is 32.3 Å². The van der Waals surface area contributed by atoms with Crippen molar-refractivity contribution in [3.05, 3.63) is 35.4 Å². The maximum atomic E-state index is 12.9. The van der Waals surface area contributed by atoms with Crippen molar-refractivity contribution in [1.29, 1.82) is 0 Å². The number of nitrogens with one attached hydrogen (secondary N) is 1. The van der Waals surface area contributed by atoms with Crippen LogP contribution < -0.4 is 5.32 Å². The minimum absolute atomic E-state index is 0.0644. The lowest BCUT2D eigenvalue weighted by atomic mass is 9.93. The van der Waals surface area contributed by atoms with Crippen LogP contribution in [0.3, 0.4) is 0 Å². The highest BCUT2D eigenvalue weighted by atomic mass is 19.4. The average Bonchev–Trinajstić information content (AvgIpc) is 2.96. The largest absolute Gasteiger partial charge is 0.416 e. The number of carbonyl (C=O) groups excluding carboxylic acids is 1. The van der Waals surface area contributed by atoms with Crippen molar-refractivity contribution in [2.75, 3.05) is 26.7 Å². The molecule has 3 nitrogen and oxygen atoms in total. The molecule has 23 heavy (non-hydrogen) atoms. The standard InChI is InChI=1S/C17H23F3N2O/c1-3-15(13-5-4-6-14(9-13)17(18,19)20)16(23)22-8-7-12(11-22)10-21-2/h4-6,9,12,15,21H,3,7-8,10-11H2,1-2H3. The number of alkyl halides is 3. The number of benzene rings is 1. The van der Waals surface area contributed by atoms with Crippen LogP contribution in [0.4, 0.5) is 13.2 Å². The molecule has 0 aromatic heterocycles. The fourth-order valence-electron chi connectivity index (χ4n) is 3.19. The van der Waals surface area contributed by atoms with E-state index in [2.05, 4.69) is 5.32 Å². The van der Waals surface area contributed by atoms with E-state index in [9.17, 15) is 18.0 Å². The fourth-order valence-corrected chi connectivity index (χ4v) is 3.19. The molecule has 6 heteroatoms. The number of hydrogen-bond acceptors (Lipinski definition) is 2.